The van der Waals surface area contributed by atoms with Crippen LogP contribution in [0.15, 0.2) is 24.3 Å². The van der Waals surface area contributed by atoms with Gasteiger partial charge in [-0.15, -0.1) is 12.4 Å². The lowest BCUT2D eigenvalue weighted by Crippen LogP contribution is -2.48. The van der Waals surface area contributed by atoms with Crippen LogP contribution in [0.1, 0.15) is 19.8 Å². The van der Waals surface area contributed by atoms with Crippen molar-refractivity contribution in [3.8, 4) is 0 Å². The maximum atomic E-state index is 12.0. The van der Waals surface area contributed by atoms with Crippen LogP contribution in [-0.2, 0) is 4.79 Å². The van der Waals surface area contributed by atoms with Crippen LogP contribution in [0.5, 0.6) is 0 Å². The van der Waals surface area contributed by atoms with Crippen LogP contribution < -0.4 is 10.6 Å². The van der Waals surface area contributed by atoms with Gasteiger partial charge in [0.1, 0.15) is 0 Å². The summed E-state index contributed by atoms with van der Waals surface area (Å²) in [5, 5.41) is 0.748. The number of benzene rings is 1. The summed E-state index contributed by atoms with van der Waals surface area (Å²) in [7, 11) is 0. The minimum absolute atomic E-state index is 0. The van der Waals surface area contributed by atoms with E-state index in [0.29, 0.717) is 6.42 Å². The Hall–Kier alpha value is -0.970. The molecule has 1 amide bonds. The highest BCUT2D eigenvalue weighted by Gasteiger charge is 2.21. The highest BCUT2D eigenvalue weighted by molar-refractivity contribution is 6.30. The van der Waals surface area contributed by atoms with E-state index in [-0.39, 0.29) is 24.4 Å². The van der Waals surface area contributed by atoms with E-state index in [9.17, 15) is 4.79 Å². The first-order chi connectivity index (χ1) is 9.56. The first-order valence-electron chi connectivity index (χ1n) is 7.10. The van der Waals surface area contributed by atoms with Crippen molar-refractivity contribution in [2.24, 2.45) is 5.73 Å². The zero-order valence-electron chi connectivity index (χ0n) is 12.3. The Labute approximate surface area is 137 Å². The van der Waals surface area contributed by atoms with Gasteiger partial charge in [-0.05, 0) is 31.5 Å². The second-order valence-electron chi connectivity index (χ2n) is 5.36. The largest absolute Gasteiger partial charge is 0.368 e. The van der Waals surface area contributed by atoms with Gasteiger partial charge in [0.15, 0.2) is 0 Å². The van der Waals surface area contributed by atoms with Crippen molar-refractivity contribution in [2.75, 3.05) is 31.1 Å². The van der Waals surface area contributed by atoms with E-state index in [1.54, 1.807) is 0 Å². The topological polar surface area (TPSA) is 49.6 Å². The quantitative estimate of drug-likeness (QED) is 0.922. The van der Waals surface area contributed by atoms with Gasteiger partial charge in [-0.2, -0.15) is 0 Å². The van der Waals surface area contributed by atoms with Crippen LogP contribution >= 0.6 is 24.0 Å². The highest BCUT2D eigenvalue weighted by atomic mass is 35.5. The molecule has 0 radical (unpaired) electrons. The third kappa shape index (κ3) is 5.38. The fraction of sp³-hybridized carbons (Fsp3) is 0.533. The molecule has 1 aliphatic heterocycles. The van der Waals surface area contributed by atoms with Crippen molar-refractivity contribution >= 4 is 35.6 Å². The van der Waals surface area contributed by atoms with Crippen molar-refractivity contribution < 1.29 is 4.79 Å². The number of halogens is 2. The highest BCUT2D eigenvalue weighted by Crippen LogP contribution is 2.21. The molecule has 1 atom stereocenters. The van der Waals surface area contributed by atoms with Gasteiger partial charge in [-0.25, -0.2) is 0 Å². The molecule has 4 nitrogen and oxygen atoms in total. The van der Waals surface area contributed by atoms with Crippen LogP contribution in [-0.4, -0.2) is 43.0 Å². The minimum atomic E-state index is 0. The summed E-state index contributed by atoms with van der Waals surface area (Å²) in [5.74, 6) is 0.216. The van der Waals surface area contributed by atoms with E-state index in [1.165, 1.54) is 0 Å². The Kier molecular flexibility index (Phi) is 7.29. The average molecular weight is 332 g/mol. The molecule has 2 rings (SSSR count). The summed E-state index contributed by atoms with van der Waals surface area (Å²) < 4.78 is 0. The number of amides is 1. The van der Waals surface area contributed by atoms with Gasteiger partial charge in [0.05, 0.1) is 0 Å². The molecule has 1 aromatic rings. The van der Waals surface area contributed by atoms with Crippen LogP contribution in [0.25, 0.3) is 0 Å². The summed E-state index contributed by atoms with van der Waals surface area (Å²) >= 11 is 6.01. The van der Waals surface area contributed by atoms with Gasteiger partial charge in [0.2, 0.25) is 5.91 Å². The Bertz CT molecular complexity index is 460. The molecule has 118 valence electrons. The Balaban J connectivity index is 0.00000220. The molecule has 1 aliphatic rings. The molecule has 1 saturated heterocycles. The molecule has 0 aliphatic carbocycles. The monoisotopic (exact) mass is 331 g/mol. The minimum Gasteiger partial charge on any atom is -0.368 e. The van der Waals surface area contributed by atoms with Gasteiger partial charge in [0, 0.05) is 49.4 Å². The molecule has 0 spiro atoms. The number of anilines is 1. The molecule has 2 N–H and O–H groups in total. The lowest BCUT2D eigenvalue weighted by molar-refractivity contribution is -0.131. The maximum absolute atomic E-state index is 12.0. The van der Waals surface area contributed by atoms with Crippen LogP contribution in [0.3, 0.4) is 0 Å². The first-order valence-corrected chi connectivity index (χ1v) is 7.48. The van der Waals surface area contributed by atoms with Crippen LogP contribution in [0.4, 0.5) is 5.69 Å². The van der Waals surface area contributed by atoms with Gasteiger partial charge >= 0.3 is 0 Å². The molecule has 1 heterocycles. The number of hydrogen-bond acceptors (Lipinski definition) is 3. The molecule has 1 unspecified atom stereocenters. The van der Waals surface area contributed by atoms with Gasteiger partial charge in [0.25, 0.3) is 0 Å². The van der Waals surface area contributed by atoms with E-state index in [0.717, 1.165) is 43.3 Å². The SMILES string of the molecule is CC(N)CCC(=O)N1CCN(c2cccc(Cl)c2)CC1.Cl. The Morgan fingerprint density at radius 1 is 1.33 bits per heavy atom. The molecule has 0 bridgehead atoms. The van der Waals surface area contributed by atoms with Crippen molar-refractivity contribution in [1.29, 1.82) is 0 Å². The van der Waals surface area contributed by atoms with Crippen molar-refractivity contribution in [1.82, 2.24) is 4.90 Å². The van der Waals surface area contributed by atoms with E-state index in [2.05, 4.69) is 11.0 Å². The van der Waals surface area contributed by atoms with Crippen LogP contribution in [0, 0.1) is 0 Å². The normalized spacial score (nSPS) is 16.3. The molecule has 21 heavy (non-hydrogen) atoms. The number of nitrogens with zero attached hydrogens (tertiary/aromatic N) is 2. The second-order valence-corrected chi connectivity index (χ2v) is 5.80. The number of rotatable bonds is 4. The second kappa shape index (κ2) is 8.47. The Morgan fingerprint density at radius 3 is 2.57 bits per heavy atom. The number of carbonyl (C=O) groups is 1. The molecule has 0 saturated carbocycles. The lowest BCUT2D eigenvalue weighted by Gasteiger charge is -2.36. The van der Waals surface area contributed by atoms with E-state index >= 15 is 0 Å². The number of hydrogen-bond donors (Lipinski definition) is 1. The number of carbonyl (C=O) groups excluding carboxylic acids is 1. The van der Waals surface area contributed by atoms with Crippen molar-refractivity contribution in [3.63, 3.8) is 0 Å². The van der Waals surface area contributed by atoms with E-state index in [4.69, 9.17) is 17.3 Å². The predicted molar refractivity (Wildman–Crippen MR) is 90.4 cm³/mol. The van der Waals surface area contributed by atoms with Crippen molar-refractivity contribution in [3.05, 3.63) is 29.3 Å². The zero-order valence-corrected chi connectivity index (χ0v) is 13.9. The third-order valence-electron chi connectivity index (χ3n) is 3.62. The molecule has 1 aromatic carbocycles. The predicted octanol–water partition coefficient (Wildman–Crippen LogP) is 2.54. The summed E-state index contributed by atoms with van der Waals surface area (Å²) in [6.45, 7) is 5.17. The number of nitrogens with two attached hydrogens (primary N) is 1. The maximum Gasteiger partial charge on any atom is 0.222 e. The zero-order chi connectivity index (χ0) is 14.5. The fourth-order valence-electron chi connectivity index (χ4n) is 2.40. The molecule has 0 aromatic heterocycles. The van der Waals surface area contributed by atoms with Gasteiger partial charge < -0.3 is 15.5 Å². The molecule has 1 fully saturated rings. The summed E-state index contributed by atoms with van der Waals surface area (Å²) in [5.41, 5.74) is 6.82. The lowest BCUT2D eigenvalue weighted by atomic mass is 10.1. The standard InChI is InChI=1S/C15H22ClN3O.ClH/c1-12(17)5-6-15(20)19-9-7-18(8-10-19)14-4-2-3-13(16)11-14;/h2-4,11-12H,5-10,17H2,1H3;1H. The van der Waals surface area contributed by atoms with Crippen molar-refractivity contribution in [2.45, 2.75) is 25.8 Å². The average Bonchev–Trinajstić information content (AvgIpc) is 2.45. The summed E-state index contributed by atoms with van der Waals surface area (Å²) in [6.07, 6.45) is 1.31. The smallest absolute Gasteiger partial charge is 0.222 e. The molecular weight excluding hydrogens is 309 g/mol. The first kappa shape index (κ1) is 18.1. The van der Waals surface area contributed by atoms with E-state index in [1.807, 2.05) is 30.0 Å². The third-order valence-corrected chi connectivity index (χ3v) is 3.85. The fourth-order valence-corrected chi connectivity index (χ4v) is 2.58. The summed E-state index contributed by atoms with van der Waals surface area (Å²) in [4.78, 5) is 16.2. The summed E-state index contributed by atoms with van der Waals surface area (Å²) in [6, 6.07) is 7.94. The van der Waals surface area contributed by atoms with Gasteiger partial charge in [-0.1, -0.05) is 17.7 Å². The Morgan fingerprint density at radius 2 is 2.00 bits per heavy atom. The number of piperazine rings is 1. The molecule has 6 heteroatoms. The van der Waals surface area contributed by atoms with Crippen LogP contribution in [0.2, 0.25) is 5.02 Å². The molecular formula is C15H23Cl2N3O. The van der Waals surface area contributed by atoms with Gasteiger partial charge in [-0.3, -0.25) is 4.79 Å². The van der Waals surface area contributed by atoms with E-state index < -0.39 is 0 Å².